The number of hydrogen-bond donors (Lipinski definition) is 2. The van der Waals surface area contributed by atoms with Crippen molar-refractivity contribution < 1.29 is 28.3 Å². The number of carbonyl (C=O) groups is 3. The summed E-state index contributed by atoms with van der Waals surface area (Å²) in [5.41, 5.74) is 0. The van der Waals surface area contributed by atoms with E-state index in [1.807, 2.05) is 0 Å². The van der Waals surface area contributed by atoms with Gasteiger partial charge in [0.25, 0.3) is 0 Å². The first kappa shape index (κ1) is 18.0. The van der Waals surface area contributed by atoms with Crippen molar-refractivity contribution in [3.8, 4) is 0 Å². The van der Waals surface area contributed by atoms with Gasteiger partial charge in [-0.3, -0.25) is 14.9 Å². The van der Waals surface area contributed by atoms with Crippen molar-refractivity contribution in [1.29, 1.82) is 0 Å². The van der Waals surface area contributed by atoms with E-state index in [1.54, 1.807) is 0 Å². The highest BCUT2D eigenvalue weighted by Crippen LogP contribution is 2.08. The number of esters is 1. The van der Waals surface area contributed by atoms with Gasteiger partial charge in [0.1, 0.15) is 6.54 Å². The molecule has 1 rings (SSSR count). The number of allylic oxidation sites excluding steroid dienone is 2. The summed E-state index contributed by atoms with van der Waals surface area (Å²) in [7, 11) is 0. The predicted octanol–water partition coefficient (Wildman–Crippen LogP) is 3.08. The normalized spacial score (nSPS) is 24.7. The van der Waals surface area contributed by atoms with Gasteiger partial charge in [-0.05, 0) is 38.5 Å². The van der Waals surface area contributed by atoms with E-state index in [4.69, 9.17) is 14.0 Å². The Morgan fingerprint density at radius 2 is 1.81 bits per heavy atom. The summed E-state index contributed by atoms with van der Waals surface area (Å²) in [4.78, 5) is 39.0. The molecule has 0 saturated heterocycles. The molecule has 2 N–H and O–H groups in total. The lowest BCUT2D eigenvalue weighted by Gasteiger charge is -2.20. The molecular formula is C19H31N3O5. The van der Waals surface area contributed by atoms with E-state index in [1.165, 1.54) is 0 Å². The van der Waals surface area contributed by atoms with Crippen molar-refractivity contribution in [2.75, 3.05) is 20.1 Å². The topological polar surface area (TPSA) is 108 Å². The van der Waals surface area contributed by atoms with E-state index >= 15 is 0 Å². The number of carbonyl (C=O) groups excluding carboxylic acids is 2. The summed E-state index contributed by atoms with van der Waals surface area (Å²) in [5.74, 6) is -2.11. The Morgan fingerprint density at radius 1 is 1.15 bits per heavy atom. The number of carboxylic acid groups (broad SMARTS) is 1. The molecule has 0 aromatic heterocycles. The van der Waals surface area contributed by atoms with Crippen LogP contribution in [0.4, 0.5) is 4.79 Å². The molecule has 27 heavy (non-hydrogen) atoms. The van der Waals surface area contributed by atoms with Crippen LogP contribution in [0.3, 0.4) is 0 Å². The number of rotatable bonds is 0. The number of nitrogens with zero attached hydrogens (tertiary/aromatic N) is 2. The van der Waals surface area contributed by atoms with Gasteiger partial charge >= 0.3 is 12.1 Å². The van der Waals surface area contributed by atoms with E-state index in [0.717, 1.165) is 44.9 Å². The second-order valence-corrected chi connectivity index (χ2v) is 6.35. The summed E-state index contributed by atoms with van der Waals surface area (Å²) in [5, 5.41) is 11.2. The molecule has 152 valence electrons. The molecule has 1 aliphatic rings. The van der Waals surface area contributed by atoms with Gasteiger partial charge in [0.05, 0.1) is 6.61 Å². The molecule has 0 aromatic carbocycles. The summed E-state index contributed by atoms with van der Waals surface area (Å²) in [6.45, 7) is -3.54. The number of guanidine groups is 1. The minimum atomic E-state index is -2.90. The molecule has 0 atom stereocenters. The molecule has 1 aliphatic heterocycles. The maximum Gasteiger partial charge on any atom is 0.434 e. The van der Waals surface area contributed by atoms with Gasteiger partial charge in [0, 0.05) is 17.5 Å². The summed E-state index contributed by atoms with van der Waals surface area (Å²) in [6.07, 6.45) is 10.5. The zero-order valence-corrected chi connectivity index (χ0v) is 15.6. The van der Waals surface area contributed by atoms with E-state index in [9.17, 15) is 14.4 Å². The van der Waals surface area contributed by atoms with Crippen LogP contribution in [0, 0.1) is 0 Å². The standard InChI is InChI=1S/C19H31N3O5/c1-22-15-17(24)27-14-12-10-8-6-4-2-3-5-7-9-11-13-16(23)20-18(22)21-19(25)26/h4,6H,2-3,5,7-15H2,1H3,(H,25,26)(H,20,21,23)/b6-4+/i1D3. The molecule has 0 fully saturated rings. The van der Waals surface area contributed by atoms with E-state index < -0.39 is 37.4 Å². The molecule has 8 nitrogen and oxygen atoms in total. The quantitative estimate of drug-likeness (QED) is 0.491. The van der Waals surface area contributed by atoms with Crippen LogP contribution in [0.25, 0.3) is 0 Å². The molecule has 0 saturated carbocycles. The maximum absolute atomic E-state index is 12.2. The minimum Gasteiger partial charge on any atom is -0.464 e. The van der Waals surface area contributed by atoms with Crippen LogP contribution >= 0.6 is 0 Å². The lowest BCUT2D eigenvalue weighted by Crippen LogP contribution is -2.45. The fraction of sp³-hybridized carbons (Fsp3) is 0.684. The Balaban J connectivity index is 2.91. The highest BCUT2D eigenvalue weighted by molar-refractivity contribution is 6.01. The fourth-order valence-corrected chi connectivity index (χ4v) is 2.55. The van der Waals surface area contributed by atoms with Gasteiger partial charge in [-0.1, -0.05) is 31.4 Å². The van der Waals surface area contributed by atoms with Crippen LogP contribution in [0.5, 0.6) is 0 Å². The molecule has 2 amide bonds. The molecule has 0 aliphatic carbocycles. The number of hydrogen-bond acceptors (Lipinski definition) is 4. The zero-order chi connectivity index (χ0) is 22.4. The predicted molar refractivity (Wildman–Crippen MR) is 103 cm³/mol. The first-order valence-corrected chi connectivity index (χ1v) is 9.40. The van der Waals surface area contributed by atoms with Crippen LogP contribution in [0.1, 0.15) is 68.3 Å². The zero-order valence-electron chi connectivity index (χ0n) is 18.6. The first-order chi connectivity index (χ1) is 14.2. The van der Waals surface area contributed by atoms with Crippen LogP contribution in [-0.2, 0) is 14.3 Å². The van der Waals surface area contributed by atoms with Crippen LogP contribution in [-0.4, -0.2) is 54.1 Å². The lowest BCUT2D eigenvalue weighted by molar-refractivity contribution is -0.144. The number of likely N-dealkylation sites (N-methyl/N-ethyl adjacent to an activating group) is 1. The number of ether oxygens (including phenoxy) is 1. The third kappa shape index (κ3) is 11.8. The van der Waals surface area contributed by atoms with Gasteiger partial charge in [-0.15, -0.1) is 4.99 Å². The summed E-state index contributed by atoms with van der Waals surface area (Å²) >= 11 is 0. The Hall–Kier alpha value is -2.38. The monoisotopic (exact) mass is 384 g/mol. The largest absolute Gasteiger partial charge is 0.464 e. The Kier molecular flexibility index (Phi) is 9.19. The Morgan fingerprint density at radius 3 is 2.52 bits per heavy atom. The maximum atomic E-state index is 12.2. The molecule has 0 radical (unpaired) electrons. The summed E-state index contributed by atoms with van der Waals surface area (Å²) in [6, 6.07) is 0. The molecular weight excluding hydrogens is 350 g/mol. The van der Waals surface area contributed by atoms with Gasteiger partial charge in [-0.2, -0.15) is 0 Å². The SMILES string of the molecule is [2H]C([2H])([2H])N1CC(=O)OCCCC/C=C/CCCCCCCC(=O)NC1=NC(=O)O. The smallest absolute Gasteiger partial charge is 0.434 e. The molecule has 0 aromatic rings. The second kappa shape index (κ2) is 13.8. The first-order valence-electron chi connectivity index (χ1n) is 10.9. The third-order valence-electron chi connectivity index (χ3n) is 3.97. The van der Waals surface area contributed by atoms with Gasteiger partial charge in [0.2, 0.25) is 11.9 Å². The van der Waals surface area contributed by atoms with Gasteiger partial charge in [-0.25, -0.2) is 4.79 Å². The molecule has 0 spiro atoms. The van der Waals surface area contributed by atoms with Crippen molar-refractivity contribution >= 4 is 23.9 Å². The minimum absolute atomic E-state index is 0.0951. The van der Waals surface area contributed by atoms with Gasteiger partial charge in [0.15, 0.2) is 0 Å². The van der Waals surface area contributed by atoms with Crippen molar-refractivity contribution in [2.24, 2.45) is 4.99 Å². The third-order valence-corrected chi connectivity index (χ3v) is 3.97. The van der Waals surface area contributed by atoms with Crippen LogP contribution in [0.2, 0.25) is 0 Å². The Bertz CT molecular complexity index is 635. The molecule has 1 heterocycles. The van der Waals surface area contributed by atoms with Crippen LogP contribution in [0.15, 0.2) is 17.1 Å². The average molecular weight is 384 g/mol. The molecule has 0 bridgehead atoms. The van der Waals surface area contributed by atoms with E-state index in [-0.39, 0.29) is 13.0 Å². The average Bonchev–Trinajstić information content (AvgIpc) is 2.63. The highest BCUT2D eigenvalue weighted by Gasteiger charge is 2.16. The fourth-order valence-electron chi connectivity index (χ4n) is 2.55. The van der Waals surface area contributed by atoms with E-state index in [0.29, 0.717) is 17.7 Å². The van der Waals surface area contributed by atoms with Gasteiger partial charge < -0.3 is 14.7 Å². The van der Waals surface area contributed by atoms with Crippen molar-refractivity contribution in [2.45, 2.75) is 64.2 Å². The summed E-state index contributed by atoms with van der Waals surface area (Å²) < 4.78 is 27.9. The van der Waals surface area contributed by atoms with Crippen molar-refractivity contribution in [3.05, 3.63) is 12.2 Å². The van der Waals surface area contributed by atoms with Crippen molar-refractivity contribution in [1.82, 2.24) is 10.2 Å². The van der Waals surface area contributed by atoms with E-state index in [2.05, 4.69) is 22.5 Å². The lowest BCUT2D eigenvalue weighted by atomic mass is 10.1. The highest BCUT2D eigenvalue weighted by atomic mass is 16.5. The van der Waals surface area contributed by atoms with Crippen molar-refractivity contribution in [3.63, 3.8) is 0 Å². The molecule has 8 heteroatoms. The molecule has 0 unspecified atom stereocenters. The Labute approximate surface area is 164 Å². The number of amides is 2. The number of cyclic esters (lactones) is 1. The van der Waals surface area contributed by atoms with Crippen LogP contribution < -0.4 is 5.32 Å². The number of aliphatic imine (C=N–C) groups is 1. The number of nitrogens with one attached hydrogen (secondary N) is 1. The second-order valence-electron chi connectivity index (χ2n) is 6.35.